The number of rotatable bonds is 3. The first-order valence-electron chi connectivity index (χ1n) is 7.72. The third-order valence-corrected chi connectivity index (χ3v) is 3.61. The summed E-state index contributed by atoms with van der Waals surface area (Å²) in [5.74, 6) is -1.01. The molecule has 0 bridgehead atoms. The number of likely N-dealkylation sites (tertiary alicyclic amines) is 1. The molecule has 2 atom stereocenters. The molecule has 0 saturated carbocycles. The number of hydrogen-bond acceptors (Lipinski definition) is 4. The maximum absolute atomic E-state index is 13.2. The van der Waals surface area contributed by atoms with Crippen molar-refractivity contribution in [2.45, 2.75) is 51.9 Å². The van der Waals surface area contributed by atoms with Crippen LogP contribution in [0.5, 0.6) is 5.75 Å². The Morgan fingerprint density at radius 1 is 1.33 bits per heavy atom. The minimum atomic E-state index is -1.11. The summed E-state index contributed by atoms with van der Waals surface area (Å²) in [5.41, 5.74) is -0.107. The number of amides is 1. The number of benzene rings is 1. The van der Waals surface area contributed by atoms with Crippen LogP contribution in [0.3, 0.4) is 0 Å². The zero-order chi connectivity index (χ0) is 18.1. The van der Waals surface area contributed by atoms with E-state index in [1.807, 2.05) is 0 Å². The Hall–Kier alpha value is -2.31. The highest BCUT2D eigenvalue weighted by Crippen LogP contribution is 2.27. The fourth-order valence-corrected chi connectivity index (χ4v) is 2.56. The summed E-state index contributed by atoms with van der Waals surface area (Å²) in [6, 6.07) is 3.10. The Bertz CT molecular complexity index is 640. The number of carboxylic acids is 1. The molecule has 1 aliphatic rings. The Kier molecular flexibility index (Phi) is 5.01. The van der Waals surface area contributed by atoms with Crippen molar-refractivity contribution in [1.29, 1.82) is 0 Å². The van der Waals surface area contributed by atoms with Gasteiger partial charge in [0.2, 0.25) is 0 Å². The minimum Gasteiger partial charge on any atom is -0.488 e. The Morgan fingerprint density at radius 3 is 2.54 bits per heavy atom. The standard InChI is InChI=1S/C17H22FNO5/c1-10-7-11(18)5-6-14(10)23-12-8-13(15(20)21)19(9-12)16(22)24-17(2,3)4/h5-7,12-13H,8-9H2,1-4H3,(H,20,21)/t12-,13-/m0/s1. The van der Waals surface area contributed by atoms with E-state index in [0.717, 1.165) is 4.90 Å². The third-order valence-electron chi connectivity index (χ3n) is 3.61. The number of ether oxygens (including phenoxy) is 2. The SMILES string of the molecule is Cc1cc(F)ccc1O[C@H]1C[C@@H](C(=O)O)N(C(=O)OC(C)(C)C)C1. The molecule has 0 radical (unpaired) electrons. The van der Waals surface area contributed by atoms with Gasteiger partial charge in [0.05, 0.1) is 6.54 Å². The van der Waals surface area contributed by atoms with E-state index in [1.54, 1.807) is 27.7 Å². The van der Waals surface area contributed by atoms with E-state index in [2.05, 4.69) is 0 Å². The van der Waals surface area contributed by atoms with E-state index < -0.39 is 29.8 Å². The van der Waals surface area contributed by atoms with Gasteiger partial charge < -0.3 is 14.6 Å². The second-order valence-corrected chi connectivity index (χ2v) is 6.87. The third kappa shape index (κ3) is 4.37. The number of aryl methyl sites for hydroxylation is 1. The molecule has 0 aromatic heterocycles. The summed E-state index contributed by atoms with van der Waals surface area (Å²) in [7, 11) is 0. The fraction of sp³-hybridized carbons (Fsp3) is 0.529. The van der Waals surface area contributed by atoms with Gasteiger partial charge in [-0.15, -0.1) is 0 Å². The molecule has 0 unspecified atom stereocenters. The van der Waals surface area contributed by atoms with Crippen molar-refractivity contribution in [2.75, 3.05) is 6.54 Å². The molecule has 1 amide bonds. The predicted octanol–water partition coefficient (Wildman–Crippen LogP) is 2.98. The number of hydrogen-bond donors (Lipinski definition) is 1. The van der Waals surface area contributed by atoms with E-state index in [0.29, 0.717) is 11.3 Å². The van der Waals surface area contributed by atoms with Crippen molar-refractivity contribution >= 4 is 12.1 Å². The quantitative estimate of drug-likeness (QED) is 0.916. The highest BCUT2D eigenvalue weighted by Gasteiger charge is 2.42. The van der Waals surface area contributed by atoms with Crippen LogP contribution in [-0.2, 0) is 9.53 Å². The second-order valence-electron chi connectivity index (χ2n) is 6.87. The number of carbonyl (C=O) groups excluding carboxylic acids is 1. The zero-order valence-electron chi connectivity index (χ0n) is 14.2. The van der Waals surface area contributed by atoms with Crippen LogP contribution in [0.4, 0.5) is 9.18 Å². The molecule has 1 aromatic rings. The normalized spacial score (nSPS) is 20.8. The smallest absolute Gasteiger partial charge is 0.411 e. The van der Waals surface area contributed by atoms with Crippen LogP contribution in [0.1, 0.15) is 32.8 Å². The largest absolute Gasteiger partial charge is 0.488 e. The zero-order valence-corrected chi connectivity index (χ0v) is 14.2. The lowest BCUT2D eigenvalue weighted by Crippen LogP contribution is -2.43. The van der Waals surface area contributed by atoms with E-state index in [4.69, 9.17) is 9.47 Å². The van der Waals surface area contributed by atoms with Crippen molar-refractivity contribution in [1.82, 2.24) is 4.90 Å². The average molecular weight is 339 g/mol. The number of carboxylic acid groups (broad SMARTS) is 1. The summed E-state index contributed by atoms with van der Waals surface area (Å²) < 4.78 is 24.2. The van der Waals surface area contributed by atoms with Gasteiger partial charge in [0, 0.05) is 6.42 Å². The van der Waals surface area contributed by atoms with Crippen molar-refractivity contribution in [3.8, 4) is 5.75 Å². The van der Waals surface area contributed by atoms with Crippen LogP contribution in [0.15, 0.2) is 18.2 Å². The van der Waals surface area contributed by atoms with Gasteiger partial charge in [-0.1, -0.05) is 0 Å². The molecule has 1 heterocycles. The van der Waals surface area contributed by atoms with Crippen molar-refractivity contribution < 1.29 is 28.6 Å². The number of nitrogens with zero attached hydrogens (tertiary/aromatic N) is 1. The lowest BCUT2D eigenvalue weighted by molar-refractivity contribution is -0.142. The molecular formula is C17H22FNO5. The van der Waals surface area contributed by atoms with Crippen molar-refractivity contribution in [3.05, 3.63) is 29.6 Å². The molecule has 132 valence electrons. The first-order chi connectivity index (χ1) is 11.1. The average Bonchev–Trinajstić information content (AvgIpc) is 2.84. The van der Waals surface area contributed by atoms with Gasteiger partial charge in [0.25, 0.3) is 0 Å². The molecule has 1 N–H and O–H groups in total. The number of halogens is 1. The Morgan fingerprint density at radius 2 is 2.00 bits per heavy atom. The van der Waals surface area contributed by atoms with Crippen molar-refractivity contribution in [3.63, 3.8) is 0 Å². The van der Waals surface area contributed by atoms with E-state index >= 15 is 0 Å². The maximum Gasteiger partial charge on any atom is 0.411 e. The monoisotopic (exact) mass is 339 g/mol. The van der Waals surface area contributed by atoms with Crippen LogP contribution < -0.4 is 4.74 Å². The first-order valence-corrected chi connectivity index (χ1v) is 7.72. The predicted molar refractivity (Wildman–Crippen MR) is 84.5 cm³/mol. The van der Waals surface area contributed by atoms with Gasteiger partial charge in [-0.25, -0.2) is 14.0 Å². The molecule has 1 aromatic carbocycles. The lowest BCUT2D eigenvalue weighted by atomic mass is 10.2. The number of carbonyl (C=O) groups is 2. The van der Waals surface area contributed by atoms with Crippen LogP contribution >= 0.6 is 0 Å². The lowest BCUT2D eigenvalue weighted by Gasteiger charge is -2.26. The summed E-state index contributed by atoms with van der Waals surface area (Å²) in [6.07, 6.45) is -1.04. The minimum absolute atomic E-state index is 0.0999. The molecule has 24 heavy (non-hydrogen) atoms. The van der Waals surface area contributed by atoms with Crippen LogP contribution in [-0.4, -0.2) is 46.4 Å². The van der Waals surface area contributed by atoms with E-state index in [-0.39, 0.29) is 18.8 Å². The highest BCUT2D eigenvalue weighted by atomic mass is 19.1. The number of aliphatic carboxylic acids is 1. The Balaban J connectivity index is 2.11. The molecule has 1 aliphatic heterocycles. The van der Waals surface area contributed by atoms with E-state index in [9.17, 15) is 19.1 Å². The van der Waals surface area contributed by atoms with Gasteiger partial charge in [-0.05, 0) is 51.5 Å². The molecule has 7 heteroatoms. The van der Waals surface area contributed by atoms with Crippen LogP contribution in [0, 0.1) is 12.7 Å². The molecule has 1 saturated heterocycles. The van der Waals surface area contributed by atoms with Gasteiger partial charge in [-0.2, -0.15) is 0 Å². The summed E-state index contributed by atoms with van der Waals surface area (Å²) in [4.78, 5) is 24.8. The maximum atomic E-state index is 13.2. The molecule has 6 nitrogen and oxygen atoms in total. The van der Waals surface area contributed by atoms with Crippen LogP contribution in [0.2, 0.25) is 0 Å². The van der Waals surface area contributed by atoms with E-state index in [1.165, 1.54) is 18.2 Å². The fourth-order valence-electron chi connectivity index (χ4n) is 2.56. The second kappa shape index (κ2) is 6.67. The Labute approximate surface area is 140 Å². The summed E-state index contributed by atoms with van der Waals surface area (Å²) >= 11 is 0. The molecule has 1 fully saturated rings. The molecule has 0 spiro atoms. The van der Waals surface area contributed by atoms with Gasteiger partial charge >= 0.3 is 12.1 Å². The molecule has 0 aliphatic carbocycles. The summed E-state index contributed by atoms with van der Waals surface area (Å²) in [5, 5.41) is 9.35. The highest BCUT2D eigenvalue weighted by molar-refractivity contribution is 5.81. The first kappa shape index (κ1) is 18.0. The van der Waals surface area contributed by atoms with Gasteiger partial charge in [0.1, 0.15) is 29.3 Å². The summed E-state index contributed by atoms with van der Waals surface area (Å²) in [6.45, 7) is 6.95. The van der Waals surface area contributed by atoms with Gasteiger partial charge in [-0.3, -0.25) is 4.90 Å². The van der Waals surface area contributed by atoms with Crippen molar-refractivity contribution in [2.24, 2.45) is 0 Å². The van der Waals surface area contributed by atoms with Gasteiger partial charge in [0.15, 0.2) is 0 Å². The topological polar surface area (TPSA) is 76.1 Å². The molecular weight excluding hydrogens is 317 g/mol. The molecule has 2 rings (SSSR count). The van der Waals surface area contributed by atoms with Crippen LogP contribution in [0.25, 0.3) is 0 Å².